The number of nitrogens with zero attached hydrogens (tertiary/aromatic N) is 2. The first-order valence-corrected chi connectivity index (χ1v) is 6.11. The van der Waals surface area contributed by atoms with E-state index in [-0.39, 0.29) is 0 Å². The van der Waals surface area contributed by atoms with Crippen LogP contribution in [0.3, 0.4) is 0 Å². The van der Waals surface area contributed by atoms with Gasteiger partial charge in [0.15, 0.2) is 0 Å². The molecule has 2 nitrogen and oxygen atoms in total. The Balaban J connectivity index is 0.000000174. The summed E-state index contributed by atoms with van der Waals surface area (Å²) in [5.74, 6) is 0. The van der Waals surface area contributed by atoms with Crippen LogP contribution in [0.5, 0.6) is 0 Å². The molecule has 0 fully saturated rings. The van der Waals surface area contributed by atoms with Crippen molar-refractivity contribution in [2.45, 2.75) is 13.8 Å². The fourth-order valence-corrected chi connectivity index (χ4v) is 1.33. The summed E-state index contributed by atoms with van der Waals surface area (Å²) in [5.41, 5.74) is 1.06. The van der Waals surface area contributed by atoms with Gasteiger partial charge in [0, 0.05) is 24.0 Å². The van der Waals surface area contributed by atoms with E-state index < -0.39 is 0 Å². The molecule has 0 bridgehead atoms. The topological polar surface area (TPSA) is 25.8 Å². The summed E-state index contributed by atoms with van der Waals surface area (Å²) in [4.78, 5) is 7.97. The van der Waals surface area contributed by atoms with Gasteiger partial charge in [-0.1, -0.05) is 44.2 Å². The largest absolute Gasteiger partial charge is 0.265 e. The minimum Gasteiger partial charge on any atom is -0.265 e. The fourth-order valence-electron chi connectivity index (χ4n) is 1.33. The monoisotopic (exact) mass is 238 g/mol. The van der Waals surface area contributed by atoms with Crippen LogP contribution in [-0.2, 0) is 0 Å². The van der Waals surface area contributed by atoms with Gasteiger partial charge in [0.2, 0.25) is 0 Å². The van der Waals surface area contributed by atoms with E-state index in [0.29, 0.717) is 0 Å². The number of pyridine rings is 2. The molecule has 1 aromatic carbocycles. The Labute approximate surface area is 108 Å². The minimum absolute atomic E-state index is 1.06. The van der Waals surface area contributed by atoms with Crippen LogP contribution in [0.1, 0.15) is 13.8 Å². The van der Waals surface area contributed by atoms with Gasteiger partial charge in [0.25, 0.3) is 0 Å². The zero-order chi connectivity index (χ0) is 13.1. The molecule has 0 aliphatic rings. The van der Waals surface area contributed by atoms with Gasteiger partial charge < -0.3 is 0 Å². The van der Waals surface area contributed by atoms with Crippen molar-refractivity contribution in [2.24, 2.45) is 0 Å². The van der Waals surface area contributed by atoms with Crippen LogP contribution < -0.4 is 0 Å². The van der Waals surface area contributed by atoms with Gasteiger partial charge in [-0.2, -0.15) is 0 Å². The summed E-state index contributed by atoms with van der Waals surface area (Å²) in [5, 5.41) is 1.20. The molecule has 0 atom stereocenters. The molecule has 3 aromatic rings. The van der Waals surface area contributed by atoms with Crippen LogP contribution in [-0.4, -0.2) is 9.97 Å². The zero-order valence-corrected chi connectivity index (χ0v) is 10.8. The number of fused-ring (bicyclic) bond motifs is 1. The van der Waals surface area contributed by atoms with E-state index in [0.717, 1.165) is 5.52 Å². The second-order valence-corrected chi connectivity index (χ2v) is 3.22. The summed E-state index contributed by atoms with van der Waals surface area (Å²) in [6.07, 6.45) is 5.31. The molecule has 0 unspecified atom stereocenters. The SMILES string of the molecule is CC.c1ccc2ncccc2c1.c1ccncc1. The Kier molecular flexibility index (Phi) is 6.83. The van der Waals surface area contributed by atoms with Gasteiger partial charge in [0.05, 0.1) is 5.52 Å². The lowest BCUT2D eigenvalue weighted by atomic mass is 10.2. The molecule has 0 radical (unpaired) electrons. The molecular formula is C16H18N2. The van der Waals surface area contributed by atoms with E-state index in [9.17, 15) is 0 Å². The average Bonchev–Trinajstić information content (AvgIpc) is 2.52. The number of hydrogen-bond acceptors (Lipinski definition) is 2. The van der Waals surface area contributed by atoms with Gasteiger partial charge >= 0.3 is 0 Å². The molecule has 0 aliphatic carbocycles. The highest BCUT2D eigenvalue weighted by molar-refractivity contribution is 5.77. The normalized spacial score (nSPS) is 8.56. The van der Waals surface area contributed by atoms with Crippen LogP contribution in [0.4, 0.5) is 0 Å². The van der Waals surface area contributed by atoms with Crippen LogP contribution in [0.2, 0.25) is 0 Å². The summed E-state index contributed by atoms with van der Waals surface area (Å²) >= 11 is 0. The van der Waals surface area contributed by atoms with E-state index in [2.05, 4.69) is 22.1 Å². The van der Waals surface area contributed by atoms with Crippen LogP contribution in [0, 0.1) is 0 Å². The highest BCUT2D eigenvalue weighted by atomic mass is 14.6. The maximum atomic E-state index is 4.18. The van der Waals surface area contributed by atoms with E-state index >= 15 is 0 Å². The standard InChI is InChI=1S/C9H7N.C5H5N.C2H6/c1-2-6-9-8(4-1)5-3-7-10-9;1-2-4-6-5-3-1;1-2/h1-7H;1-5H;1-2H3. The number of benzene rings is 1. The molecular weight excluding hydrogens is 220 g/mol. The van der Waals surface area contributed by atoms with Gasteiger partial charge in [-0.05, 0) is 24.3 Å². The third-order valence-electron chi connectivity index (χ3n) is 2.08. The molecule has 0 aliphatic heterocycles. The molecule has 2 heterocycles. The predicted molar refractivity (Wildman–Crippen MR) is 77.3 cm³/mol. The highest BCUT2D eigenvalue weighted by Gasteiger charge is 1.86. The molecule has 0 saturated carbocycles. The molecule has 92 valence electrons. The zero-order valence-electron chi connectivity index (χ0n) is 10.8. The van der Waals surface area contributed by atoms with Crippen molar-refractivity contribution in [1.29, 1.82) is 0 Å². The van der Waals surface area contributed by atoms with Gasteiger partial charge in [0.1, 0.15) is 0 Å². The smallest absolute Gasteiger partial charge is 0.0701 e. The van der Waals surface area contributed by atoms with Crippen LogP contribution in [0.25, 0.3) is 10.9 Å². The van der Waals surface area contributed by atoms with Crippen molar-refractivity contribution in [3.63, 3.8) is 0 Å². The van der Waals surface area contributed by atoms with E-state index in [1.54, 1.807) is 12.4 Å². The predicted octanol–water partition coefficient (Wildman–Crippen LogP) is 4.34. The molecule has 0 spiro atoms. The Hall–Kier alpha value is -2.22. The summed E-state index contributed by atoms with van der Waals surface area (Å²) < 4.78 is 0. The Bertz CT molecular complexity index is 443. The van der Waals surface area contributed by atoms with Crippen molar-refractivity contribution >= 4 is 10.9 Å². The van der Waals surface area contributed by atoms with Crippen molar-refractivity contribution in [2.75, 3.05) is 0 Å². The van der Waals surface area contributed by atoms with Gasteiger partial charge in [-0.15, -0.1) is 0 Å². The third kappa shape index (κ3) is 4.74. The number of hydrogen-bond donors (Lipinski definition) is 0. The van der Waals surface area contributed by atoms with E-state index in [1.807, 2.05) is 62.5 Å². The number of rotatable bonds is 0. The number of para-hydroxylation sites is 1. The van der Waals surface area contributed by atoms with E-state index in [1.165, 1.54) is 5.39 Å². The van der Waals surface area contributed by atoms with Crippen molar-refractivity contribution in [3.8, 4) is 0 Å². The molecule has 3 rings (SSSR count). The summed E-state index contributed by atoms with van der Waals surface area (Å²) in [7, 11) is 0. The van der Waals surface area contributed by atoms with Gasteiger partial charge in [-0.25, -0.2) is 0 Å². The first-order valence-electron chi connectivity index (χ1n) is 6.11. The Morgan fingerprint density at radius 1 is 0.667 bits per heavy atom. The maximum absolute atomic E-state index is 4.18. The molecule has 2 aromatic heterocycles. The van der Waals surface area contributed by atoms with Gasteiger partial charge in [-0.3, -0.25) is 9.97 Å². The fraction of sp³-hybridized carbons (Fsp3) is 0.125. The van der Waals surface area contributed by atoms with Crippen molar-refractivity contribution in [3.05, 3.63) is 73.2 Å². The second-order valence-electron chi connectivity index (χ2n) is 3.22. The molecule has 18 heavy (non-hydrogen) atoms. The number of aromatic nitrogens is 2. The molecule has 2 heteroatoms. The second kappa shape index (κ2) is 8.88. The Morgan fingerprint density at radius 2 is 1.33 bits per heavy atom. The van der Waals surface area contributed by atoms with Crippen LogP contribution >= 0.6 is 0 Å². The lowest BCUT2D eigenvalue weighted by Gasteiger charge is -1.91. The molecule has 0 saturated heterocycles. The average molecular weight is 238 g/mol. The molecule has 0 N–H and O–H groups in total. The minimum atomic E-state index is 1.06. The lowest BCUT2D eigenvalue weighted by molar-refractivity contribution is 1.33. The van der Waals surface area contributed by atoms with E-state index in [4.69, 9.17) is 0 Å². The van der Waals surface area contributed by atoms with Crippen molar-refractivity contribution in [1.82, 2.24) is 9.97 Å². The quantitative estimate of drug-likeness (QED) is 0.582. The van der Waals surface area contributed by atoms with Crippen LogP contribution in [0.15, 0.2) is 73.2 Å². The summed E-state index contributed by atoms with van der Waals surface area (Å²) in [6, 6.07) is 17.8. The highest BCUT2D eigenvalue weighted by Crippen LogP contribution is 2.07. The first kappa shape index (κ1) is 13.8. The summed E-state index contributed by atoms with van der Waals surface area (Å²) in [6.45, 7) is 4.00. The first-order chi connectivity index (χ1) is 8.97. The van der Waals surface area contributed by atoms with Crippen molar-refractivity contribution < 1.29 is 0 Å². The third-order valence-corrected chi connectivity index (χ3v) is 2.08. The Morgan fingerprint density at radius 3 is 1.89 bits per heavy atom. The molecule has 0 amide bonds. The lowest BCUT2D eigenvalue weighted by Crippen LogP contribution is -1.73. The maximum Gasteiger partial charge on any atom is 0.0701 e.